The van der Waals surface area contributed by atoms with Crippen LogP contribution in [0.25, 0.3) is 0 Å². The molecule has 1 saturated heterocycles. The van der Waals surface area contributed by atoms with Crippen LogP contribution in [0.1, 0.15) is 18.9 Å². The number of nitrogens with one attached hydrogen (secondary N) is 1. The molecule has 1 N–H and O–H groups in total. The van der Waals surface area contributed by atoms with Crippen LogP contribution in [-0.4, -0.2) is 74.5 Å². The van der Waals surface area contributed by atoms with Gasteiger partial charge in [0.25, 0.3) is 0 Å². The van der Waals surface area contributed by atoms with E-state index in [2.05, 4.69) is 5.32 Å². The van der Waals surface area contributed by atoms with Crippen LogP contribution in [0.4, 0.5) is 0 Å². The van der Waals surface area contributed by atoms with E-state index in [1.807, 2.05) is 12.1 Å². The van der Waals surface area contributed by atoms with Crippen LogP contribution in [-0.2, 0) is 20.8 Å². The van der Waals surface area contributed by atoms with Gasteiger partial charge < -0.3 is 24.6 Å². The van der Waals surface area contributed by atoms with Crippen LogP contribution in [0.3, 0.4) is 0 Å². The summed E-state index contributed by atoms with van der Waals surface area (Å²) in [5.74, 6) is 0.972. The molecule has 0 unspecified atom stereocenters. The van der Waals surface area contributed by atoms with Gasteiger partial charge >= 0.3 is 0 Å². The summed E-state index contributed by atoms with van der Waals surface area (Å²) >= 11 is 0. The van der Waals surface area contributed by atoms with Crippen LogP contribution in [0.15, 0.2) is 18.2 Å². The van der Waals surface area contributed by atoms with Crippen molar-refractivity contribution in [3.05, 3.63) is 23.8 Å². The predicted octanol–water partition coefficient (Wildman–Crippen LogP) is 0.443. The van der Waals surface area contributed by atoms with Gasteiger partial charge in [-0.25, -0.2) is 0 Å². The minimum atomic E-state index is -0.180. The molecule has 8 nitrogen and oxygen atoms in total. The van der Waals surface area contributed by atoms with Crippen molar-refractivity contribution >= 4 is 17.7 Å². The Hall–Kier alpha value is -2.77. The number of piperazine rings is 1. The summed E-state index contributed by atoms with van der Waals surface area (Å²) in [5, 5.41) is 2.67. The van der Waals surface area contributed by atoms with Gasteiger partial charge in [-0.15, -0.1) is 0 Å². The average Bonchev–Trinajstić information content (AvgIpc) is 2.70. The van der Waals surface area contributed by atoms with Gasteiger partial charge in [0.05, 0.1) is 20.8 Å². The second-order valence-electron chi connectivity index (χ2n) is 6.35. The van der Waals surface area contributed by atoms with Crippen molar-refractivity contribution in [1.29, 1.82) is 0 Å². The average molecular weight is 377 g/mol. The van der Waals surface area contributed by atoms with E-state index in [0.717, 1.165) is 5.56 Å². The highest BCUT2D eigenvalue weighted by Crippen LogP contribution is 2.27. The van der Waals surface area contributed by atoms with Crippen LogP contribution < -0.4 is 14.8 Å². The van der Waals surface area contributed by atoms with Gasteiger partial charge in [0.15, 0.2) is 11.5 Å². The molecule has 0 aliphatic carbocycles. The number of carbonyl (C=O) groups excluding carboxylic acids is 3. The van der Waals surface area contributed by atoms with Gasteiger partial charge in [0.1, 0.15) is 0 Å². The van der Waals surface area contributed by atoms with Crippen molar-refractivity contribution < 1.29 is 23.9 Å². The number of aryl methyl sites for hydroxylation is 1. The molecule has 3 amide bonds. The van der Waals surface area contributed by atoms with Crippen LogP contribution in [0.2, 0.25) is 0 Å². The quantitative estimate of drug-likeness (QED) is 0.745. The highest BCUT2D eigenvalue weighted by Gasteiger charge is 2.22. The van der Waals surface area contributed by atoms with Gasteiger partial charge in [-0.2, -0.15) is 0 Å². The number of amides is 3. The molecule has 0 atom stereocenters. The number of nitrogens with zero attached hydrogens (tertiary/aromatic N) is 2. The lowest BCUT2D eigenvalue weighted by atomic mass is 10.1. The first-order valence-electron chi connectivity index (χ1n) is 8.95. The fourth-order valence-corrected chi connectivity index (χ4v) is 2.94. The molecule has 1 aromatic rings. The Morgan fingerprint density at radius 3 is 2.22 bits per heavy atom. The molecule has 2 rings (SSSR count). The molecule has 0 spiro atoms. The van der Waals surface area contributed by atoms with Crippen LogP contribution in [0, 0.1) is 0 Å². The second kappa shape index (κ2) is 9.80. The Labute approximate surface area is 159 Å². The third-order valence-corrected chi connectivity index (χ3v) is 4.60. The Balaban J connectivity index is 1.73. The van der Waals surface area contributed by atoms with E-state index in [1.54, 1.807) is 30.1 Å². The summed E-state index contributed by atoms with van der Waals surface area (Å²) < 4.78 is 10.4. The Morgan fingerprint density at radius 2 is 1.63 bits per heavy atom. The molecule has 8 heteroatoms. The molecule has 1 aliphatic rings. The van der Waals surface area contributed by atoms with E-state index in [4.69, 9.17) is 9.47 Å². The summed E-state index contributed by atoms with van der Waals surface area (Å²) in [7, 11) is 3.14. The standard InChI is InChI=1S/C19H27N3O5/c1-14(23)21-8-10-22(11-9-21)19(25)13-20-18(24)7-5-15-4-6-16(26-2)17(12-15)27-3/h4,6,12H,5,7-11,13H2,1-3H3,(H,20,24). The van der Waals surface area contributed by atoms with E-state index in [9.17, 15) is 14.4 Å². The number of ether oxygens (including phenoxy) is 2. The maximum absolute atomic E-state index is 12.2. The van der Waals surface area contributed by atoms with Crippen molar-refractivity contribution in [3.63, 3.8) is 0 Å². The lowest BCUT2D eigenvalue weighted by Crippen LogP contribution is -2.52. The summed E-state index contributed by atoms with van der Waals surface area (Å²) in [6.07, 6.45) is 0.818. The zero-order chi connectivity index (χ0) is 19.8. The predicted molar refractivity (Wildman–Crippen MR) is 99.7 cm³/mol. The first kappa shape index (κ1) is 20.5. The fourth-order valence-electron chi connectivity index (χ4n) is 2.94. The topological polar surface area (TPSA) is 88.2 Å². The maximum atomic E-state index is 12.2. The third-order valence-electron chi connectivity index (χ3n) is 4.60. The molecule has 0 saturated carbocycles. The molecular formula is C19H27N3O5. The lowest BCUT2D eigenvalue weighted by Gasteiger charge is -2.34. The van der Waals surface area contributed by atoms with Gasteiger partial charge in [-0.1, -0.05) is 6.07 Å². The number of benzene rings is 1. The smallest absolute Gasteiger partial charge is 0.242 e. The number of carbonyl (C=O) groups is 3. The van der Waals surface area contributed by atoms with Crippen molar-refractivity contribution in [2.45, 2.75) is 19.8 Å². The molecule has 1 fully saturated rings. The maximum Gasteiger partial charge on any atom is 0.242 e. The molecule has 27 heavy (non-hydrogen) atoms. The molecule has 0 bridgehead atoms. The van der Waals surface area contributed by atoms with Gasteiger partial charge in [-0.05, 0) is 24.1 Å². The van der Waals surface area contributed by atoms with E-state index >= 15 is 0 Å². The Kier molecular flexibility index (Phi) is 7.45. The number of hydrogen-bond donors (Lipinski definition) is 1. The van der Waals surface area contributed by atoms with Crippen molar-refractivity contribution in [3.8, 4) is 11.5 Å². The van der Waals surface area contributed by atoms with Crippen molar-refractivity contribution in [2.75, 3.05) is 46.9 Å². The number of rotatable bonds is 7. The highest BCUT2D eigenvalue weighted by molar-refractivity contribution is 5.85. The second-order valence-corrected chi connectivity index (χ2v) is 6.35. The van der Waals surface area contributed by atoms with Crippen molar-refractivity contribution in [1.82, 2.24) is 15.1 Å². The largest absolute Gasteiger partial charge is 0.493 e. The van der Waals surface area contributed by atoms with Gasteiger partial charge in [0.2, 0.25) is 17.7 Å². The zero-order valence-corrected chi connectivity index (χ0v) is 16.1. The fraction of sp³-hybridized carbons (Fsp3) is 0.526. The Bertz CT molecular complexity index is 684. The summed E-state index contributed by atoms with van der Waals surface area (Å²) in [6.45, 7) is 3.57. The lowest BCUT2D eigenvalue weighted by molar-refractivity contribution is -0.138. The van der Waals surface area contributed by atoms with Gasteiger partial charge in [0, 0.05) is 39.5 Å². The normalized spacial score (nSPS) is 13.9. The van der Waals surface area contributed by atoms with E-state index in [1.165, 1.54) is 6.92 Å². The SMILES string of the molecule is COc1ccc(CCC(=O)NCC(=O)N2CCN(C(C)=O)CC2)cc1OC. The minimum Gasteiger partial charge on any atom is -0.493 e. The number of hydrogen-bond acceptors (Lipinski definition) is 5. The van der Waals surface area contributed by atoms with E-state index in [-0.39, 0.29) is 30.7 Å². The molecular weight excluding hydrogens is 350 g/mol. The van der Waals surface area contributed by atoms with Gasteiger partial charge in [-0.3, -0.25) is 14.4 Å². The molecule has 148 valence electrons. The van der Waals surface area contributed by atoms with E-state index in [0.29, 0.717) is 44.1 Å². The molecule has 1 heterocycles. The van der Waals surface area contributed by atoms with Crippen LogP contribution >= 0.6 is 0 Å². The summed E-state index contributed by atoms with van der Waals surface area (Å²) in [5.41, 5.74) is 0.953. The molecule has 0 aromatic heterocycles. The first-order valence-corrected chi connectivity index (χ1v) is 8.95. The van der Waals surface area contributed by atoms with Crippen molar-refractivity contribution in [2.24, 2.45) is 0 Å². The number of methoxy groups -OCH3 is 2. The molecule has 1 aromatic carbocycles. The minimum absolute atomic E-state index is 0.0190. The third kappa shape index (κ3) is 5.87. The zero-order valence-electron chi connectivity index (χ0n) is 16.1. The van der Waals surface area contributed by atoms with E-state index < -0.39 is 0 Å². The monoisotopic (exact) mass is 377 g/mol. The summed E-state index contributed by atoms with van der Waals surface area (Å²) in [6, 6.07) is 5.52. The summed E-state index contributed by atoms with van der Waals surface area (Å²) in [4.78, 5) is 38.9. The molecule has 1 aliphatic heterocycles. The molecule has 0 radical (unpaired) electrons. The van der Waals surface area contributed by atoms with Crippen LogP contribution in [0.5, 0.6) is 11.5 Å². The Morgan fingerprint density at radius 1 is 1.00 bits per heavy atom. The highest BCUT2D eigenvalue weighted by atomic mass is 16.5. The first-order chi connectivity index (χ1) is 12.9.